The first-order valence-electron chi connectivity index (χ1n) is 5.37. The maximum atomic E-state index is 11.7. The number of nitrogens with zero attached hydrogens (tertiary/aromatic N) is 1. The molecule has 19 heavy (non-hydrogen) atoms. The number of carbonyl (C=O) groups excluding carboxylic acids is 1. The molecule has 0 saturated heterocycles. The highest BCUT2D eigenvalue weighted by molar-refractivity contribution is 7.90. The first-order chi connectivity index (χ1) is 8.83. The third kappa shape index (κ3) is 4.96. The monoisotopic (exact) mass is 285 g/mol. The fraction of sp³-hybridized carbons (Fsp3) is 0.273. The summed E-state index contributed by atoms with van der Waals surface area (Å²) in [6.07, 6.45) is 1.10. The Bertz CT molecular complexity index is 596. The molecule has 104 valence electrons. The molecule has 0 spiro atoms. The Morgan fingerprint density at radius 1 is 1.42 bits per heavy atom. The van der Waals surface area contributed by atoms with Crippen molar-refractivity contribution >= 4 is 21.6 Å². The fourth-order valence-electron chi connectivity index (χ4n) is 1.33. The number of hydrogen-bond acceptors (Lipinski definition) is 5. The van der Waals surface area contributed by atoms with Crippen LogP contribution in [-0.2, 0) is 9.84 Å². The van der Waals surface area contributed by atoms with Crippen molar-refractivity contribution in [3.05, 3.63) is 35.4 Å². The van der Waals surface area contributed by atoms with Crippen molar-refractivity contribution in [1.29, 1.82) is 0 Å². The van der Waals surface area contributed by atoms with Crippen LogP contribution in [0.2, 0.25) is 0 Å². The first kappa shape index (κ1) is 15.0. The molecule has 0 aliphatic carbocycles. The number of sulfone groups is 1. The molecule has 0 aromatic heterocycles. The van der Waals surface area contributed by atoms with Gasteiger partial charge in [0.05, 0.1) is 5.75 Å². The van der Waals surface area contributed by atoms with Crippen LogP contribution in [0.5, 0.6) is 0 Å². The van der Waals surface area contributed by atoms with Crippen LogP contribution in [0.25, 0.3) is 0 Å². The van der Waals surface area contributed by atoms with Gasteiger partial charge in [0.1, 0.15) is 9.84 Å². The predicted molar refractivity (Wildman–Crippen MR) is 71.0 cm³/mol. The van der Waals surface area contributed by atoms with Crippen LogP contribution in [0.3, 0.4) is 0 Å². The Hall–Kier alpha value is -2.09. The molecule has 0 bridgehead atoms. The summed E-state index contributed by atoms with van der Waals surface area (Å²) in [5, 5.41) is 13.9. The van der Waals surface area contributed by atoms with Gasteiger partial charge < -0.3 is 16.3 Å². The van der Waals surface area contributed by atoms with Crippen LogP contribution < -0.4 is 11.1 Å². The topological polar surface area (TPSA) is 122 Å². The van der Waals surface area contributed by atoms with Gasteiger partial charge in [0.15, 0.2) is 5.84 Å². The Balaban J connectivity index is 2.73. The van der Waals surface area contributed by atoms with Gasteiger partial charge in [0.2, 0.25) is 0 Å². The van der Waals surface area contributed by atoms with Crippen LogP contribution in [0, 0.1) is 0 Å². The van der Waals surface area contributed by atoms with Crippen molar-refractivity contribution in [2.24, 2.45) is 10.9 Å². The largest absolute Gasteiger partial charge is 0.409 e. The van der Waals surface area contributed by atoms with E-state index < -0.39 is 15.7 Å². The zero-order chi connectivity index (χ0) is 14.5. The van der Waals surface area contributed by atoms with Crippen molar-refractivity contribution in [2.45, 2.75) is 0 Å². The van der Waals surface area contributed by atoms with E-state index >= 15 is 0 Å². The van der Waals surface area contributed by atoms with E-state index in [1.165, 1.54) is 6.07 Å². The zero-order valence-electron chi connectivity index (χ0n) is 10.3. The summed E-state index contributed by atoms with van der Waals surface area (Å²) in [4.78, 5) is 11.7. The zero-order valence-corrected chi connectivity index (χ0v) is 11.1. The summed E-state index contributed by atoms with van der Waals surface area (Å²) in [5.74, 6) is -0.652. The molecule has 0 heterocycles. The van der Waals surface area contributed by atoms with Crippen molar-refractivity contribution in [3.8, 4) is 0 Å². The lowest BCUT2D eigenvalue weighted by Gasteiger charge is -2.06. The molecule has 4 N–H and O–H groups in total. The first-order valence-corrected chi connectivity index (χ1v) is 7.43. The molecule has 7 nitrogen and oxygen atoms in total. The van der Waals surface area contributed by atoms with Crippen molar-refractivity contribution in [2.75, 3.05) is 18.6 Å². The molecule has 1 aromatic carbocycles. The lowest BCUT2D eigenvalue weighted by Crippen LogP contribution is -2.29. The number of nitrogens with one attached hydrogen (secondary N) is 1. The van der Waals surface area contributed by atoms with Gasteiger partial charge in [-0.1, -0.05) is 17.3 Å². The lowest BCUT2D eigenvalue weighted by atomic mass is 10.1. The van der Waals surface area contributed by atoms with Crippen LogP contribution in [-0.4, -0.2) is 43.9 Å². The van der Waals surface area contributed by atoms with Crippen LogP contribution in [0.15, 0.2) is 29.4 Å². The van der Waals surface area contributed by atoms with Gasteiger partial charge in [-0.15, -0.1) is 0 Å². The summed E-state index contributed by atoms with van der Waals surface area (Å²) >= 11 is 0. The van der Waals surface area contributed by atoms with E-state index in [1.807, 2.05) is 0 Å². The van der Waals surface area contributed by atoms with E-state index in [9.17, 15) is 13.2 Å². The Morgan fingerprint density at radius 3 is 2.63 bits per heavy atom. The van der Waals surface area contributed by atoms with E-state index in [-0.39, 0.29) is 18.1 Å². The van der Waals surface area contributed by atoms with Gasteiger partial charge in [-0.05, 0) is 12.1 Å². The van der Waals surface area contributed by atoms with Crippen LogP contribution in [0.4, 0.5) is 0 Å². The van der Waals surface area contributed by atoms with Crippen molar-refractivity contribution in [1.82, 2.24) is 5.32 Å². The summed E-state index contributed by atoms with van der Waals surface area (Å²) in [7, 11) is -3.11. The third-order valence-electron chi connectivity index (χ3n) is 2.29. The number of rotatable bonds is 5. The minimum absolute atomic E-state index is 0.0332. The Kier molecular flexibility index (Phi) is 4.87. The summed E-state index contributed by atoms with van der Waals surface area (Å²) < 4.78 is 21.8. The number of nitrogens with two attached hydrogens (primary N) is 1. The molecule has 1 rings (SSSR count). The average molecular weight is 285 g/mol. The third-order valence-corrected chi connectivity index (χ3v) is 3.23. The predicted octanol–water partition coefficient (Wildman–Crippen LogP) is -0.444. The number of oxime groups is 1. The van der Waals surface area contributed by atoms with Crippen molar-refractivity contribution < 1.29 is 18.4 Å². The molecule has 0 aliphatic rings. The van der Waals surface area contributed by atoms with Crippen molar-refractivity contribution in [3.63, 3.8) is 0 Å². The second-order valence-corrected chi connectivity index (χ2v) is 6.21. The highest BCUT2D eigenvalue weighted by Crippen LogP contribution is 2.05. The quantitative estimate of drug-likeness (QED) is 0.293. The summed E-state index contributed by atoms with van der Waals surface area (Å²) in [5.41, 5.74) is 6.11. The van der Waals surface area contributed by atoms with Gasteiger partial charge >= 0.3 is 0 Å². The van der Waals surface area contributed by atoms with E-state index in [2.05, 4.69) is 10.5 Å². The van der Waals surface area contributed by atoms with E-state index in [4.69, 9.17) is 10.9 Å². The summed E-state index contributed by atoms with van der Waals surface area (Å²) in [6.45, 7) is 0.0332. The lowest BCUT2D eigenvalue weighted by molar-refractivity contribution is 0.0956. The molecule has 0 saturated carbocycles. The molecule has 1 aromatic rings. The summed E-state index contributed by atoms with van der Waals surface area (Å²) in [6, 6.07) is 6.16. The number of hydrogen-bond donors (Lipinski definition) is 3. The van der Waals surface area contributed by atoms with Gasteiger partial charge in [0, 0.05) is 23.9 Å². The SMILES string of the molecule is CS(=O)(=O)CCNC(=O)c1cccc(/C(N)=N/O)c1. The molecule has 0 aliphatic heterocycles. The number of benzene rings is 1. The maximum absolute atomic E-state index is 11.7. The molecule has 1 amide bonds. The Morgan fingerprint density at radius 2 is 2.05 bits per heavy atom. The second kappa shape index (κ2) is 6.19. The van der Waals surface area contributed by atoms with Gasteiger partial charge in [0.25, 0.3) is 5.91 Å². The molecule has 8 heteroatoms. The van der Waals surface area contributed by atoms with Gasteiger partial charge in [-0.2, -0.15) is 0 Å². The van der Waals surface area contributed by atoms with Gasteiger partial charge in [-0.3, -0.25) is 4.79 Å². The molecule has 0 radical (unpaired) electrons. The smallest absolute Gasteiger partial charge is 0.251 e. The van der Waals surface area contributed by atoms with E-state index in [1.54, 1.807) is 18.2 Å². The average Bonchev–Trinajstić information content (AvgIpc) is 2.36. The van der Waals surface area contributed by atoms with Crippen LogP contribution in [0.1, 0.15) is 15.9 Å². The molecular weight excluding hydrogens is 270 g/mol. The normalized spacial score (nSPS) is 12.2. The van der Waals surface area contributed by atoms with E-state index in [0.29, 0.717) is 11.1 Å². The minimum atomic E-state index is -3.11. The Labute approximate surface area is 111 Å². The highest BCUT2D eigenvalue weighted by Gasteiger charge is 2.09. The highest BCUT2D eigenvalue weighted by atomic mass is 32.2. The number of amidine groups is 1. The standard InChI is InChI=1S/C11H15N3O4S/c1-19(17,18)6-5-13-11(15)9-4-2-3-8(7-9)10(12)14-16/h2-4,7,16H,5-6H2,1H3,(H2,12,14)(H,13,15). The van der Waals surface area contributed by atoms with E-state index in [0.717, 1.165) is 6.26 Å². The maximum Gasteiger partial charge on any atom is 0.251 e. The molecule has 0 atom stereocenters. The number of carbonyl (C=O) groups is 1. The molecule has 0 unspecified atom stereocenters. The van der Waals surface area contributed by atoms with Crippen LogP contribution >= 0.6 is 0 Å². The molecule has 0 fully saturated rings. The molecular formula is C11H15N3O4S. The fourth-order valence-corrected chi connectivity index (χ4v) is 1.80. The van der Waals surface area contributed by atoms with Gasteiger partial charge in [-0.25, -0.2) is 8.42 Å². The number of amides is 1. The second-order valence-electron chi connectivity index (χ2n) is 3.95. The minimum Gasteiger partial charge on any atom is -0.409 e.